The van der Waals surface area contributed by atoms with Gasteiger partial charge in [-0.15, -0.1) is 0 Å². The number of rotatable bonds is 3. The summed E-state index contributed by atoms with van der Waals surface area (Å²) in [5, 5.41) is 2.78. The van der Waals surface area contributed by atoms with Crippen molar-refractivity contribution >= 4 is 21.8 Å². The van der Waals surface area contributed by atoms with Crippen molar-refractivity contribution in [3.05, 3.63) is 58.6 Å². The van der Waals surface area contributed by atoms with Crippen LogP contribution < -0.4 is 5.32 Å². The number of nitrogens with one attached hydrogen (secondary N) is 1. The molecule has 0 atom stereocenters. The van der Waals surface area contributed by atoms with Gasteiger partial charge in [-0.2, -0.15) is 0 Å². The Morgan fingerprint density at radius 2 is 1.94 bits per heavy atom. The molecule has 1 aromatic carbocycles. The Morgan fingerprint density at radius 1 is 1.18 bits per heavy atom. The van der Waals surface area contributed by atoms with Crippen molar-refractivity contribution < 1.29 is 4.79 Å². The highest BCUT2D eigenvalue weighted by Gasteiger charge is 2.06. The van der Waals surface area contributed by atoms with Gasteiger partial charge in [0.25, 0.3) is 5.91 Å². The number of hydrogen-bond acceptors (Lipinski definition) is 3. The normalized spacial score (nSPS) is 9.94. The summed E-state index contributed by atoms with van der Waals surface area (Å²) < 4.78 is 0.608. The quantitative estimate of drug-likeness (QED) is 0.943. The van der Waals surface area contributed by atoms with E-state index in [2.05, 4.69) is 31.2 Å². The maximum absolute atomic E-state index is 11.7. The molecule has 5 heteroatoms. The van der Waals surface area contributed by atoms with E-state index in [9.17, 15) is 4.79 Å². The van der Waals surface area contributed by atoms with Gasteiger partial charge in [0.1, 0.15) is 10.3 Å². The molecular formula is C12H10BrN3O. The highest BCUT2D eigenvalue weighted by atomic mass is 79.9. The van der Waals surface area contributed by atoms with E-state index >= 15 is 0 Å². The Labute approximate surface area is 107 Å². The van der Waals surface area contributed by atoms with Crippen molar-refractivity contribution in [2.45, 2.75) is 6.54 Å². The van der Waals surface area contributed by atoms with Gasteiger partial charge in [-0.05, 0) is 21.5 Å². The third-order valence-corrected chi connectivity index (χ3v) is 2.56. The van der Waals surface area contributed by atoms with Gasteiger partial charge >= 0.3 is 0 Å². The molecule has 1 N–H and O–H groups in total. The summed E-state index contributed by atoms with van der Waals surface area (Å²) in [4.78, 5) is 19.6. The molecule has 0 saturated carbocycles. The third kappa shape index (κ3) is 3.35. The Morgan fingerprint density at radius 3 is 2.59 bits per heavy atom. The monoisotopic (exact) mass is 291 g/mol. The molecular weight excluding hydrogens is 282 g/mol. The lowest BCUT2D eigenvalue weighted by Crippen LogP contribution is -2.23. The largest absolute Gasteiger partial charge is 0.347 e. The summed E-state index contributed by atoms with van der Waals surface area (Å²) in [5.41, 5.74) is 1.36. The molecule has 0 radical (unpaired) electrons. The summed E-state index contributed by atoms with van der Waals surface area (Å²) >= 11 is 3.16. The first-order chi connectivity index (χ1) is 8.25. The molecule has 2 aromatic rings. The van der Waals surface area contributed by atoms with Gasteiger partial charge in [-0.3, -0.25) is 4.79 Å². The zero-order valence-corrected chi connectivity index (χ0v) is 10.5. The average Bonchev–Trinajstić information content (AvgIpc) is 2.38. The van der Waals surface area contributed by atoms with Crippen LogP contribution >= 0.6 is 15.9 Å². The number of nitrogens with zero attached hydrogens (tertiary/aromatic N) is 2. The van der Waals surface area contributed by atoms with Gasteiger partial charge < -0.3 is 5.32 Å². The molecule has 1 heterocycles. The van der Waals surface area contributed by atoms with Crippen molar-refractivity contribution in [2.24, 2.45) is 0 Å². The van der Waals surface area contributed by atoms with Gasteiger partial charge in [-0.25, -0.2) is 9.97 Å². The minimum atomic E-state index is -0.228. The van der Waals surface area contributed by atoms with E-state index in [1.165, 1.54) is 12.4 Å². The molecule has 4 nitrogen and oxygen atoms in total. The number of carbonyl (C=O) groups is 1. The summed E-state index contributed by atoms with van der Waals surface area (Å²) in [6, 6.07) is 9.70. The predicted octanol–water partition coefficient (Wildman–Crippen LogP) is 2.17. The van der Waals surface area contributed by atoms with E-state index in [1.54, 1.807) is 0 Å². The lowest BCUT2D eigenvalue weighted by atomic mass is 10.2. The fraction of sp³-hybridized carbons (Fsp3) is 0.0833. The van der Waals surface area contributed by atoms with E-state index < -0.39 is 0 Å². The van der Waals surface area contributed by atoms with Crippen molar-refractivity contribution in [1.82, 2.24) is 15.3 Å². The Balaban J connectivity index is 1.96. The highest BCUT2D eigenvalue weighted by molar-refractivity contribution is 9.10. The fourth-order valence-electron chi connectivity index (χ4n) is 1.30. The first kappa shape index (κ1) is 11.7. The van der Waals surface area contributed by atoms with Crippen LogP contribution in [0.3, 0.4) is 0 Å². The van der Waals surface area contributed by atoms with Crippen LogP contribution in [-0.4, -0.2) is 15.9 Å². The predicted molar refractivity (Wildman–Crippen MR) is 67.3 cm³/mol. The molecule has 86 valence electrons. The van der Waals surface area contributed by atoms with Crippen LogP contribution in [0.4, 0.5) is 0 Å². The SMILES string of the molecule is O=C(NCc1ccccc1)c1cnc(Br)cn1. The van der Waals surface area contributed by atoms with Gasteiger partial charge in [-0.1, -0.05) is 30.3 Å². The second-order valence-corrected chi connectivity index (χ2v) is 4.21. The molecule has 1 amide bonds. The molecule has 0 spiro atoms. The maximum Gasteiger partial charge on any atom is 0.271 e. The third-order valence-electron chi connectivity index (χ3n) is 2.15. The van der Waals surface area contributed by atoms with Crippen LogP contribution in [0.2, 0.25) is 0 Å². The van der Waals surface area contributed by atoms with E-state index in [-0.39, 0.29) is 5.91 Å². The van der Waals surface area contributed by atoms with Gasteiger partial charge in [0, 0.05) is 6.54 Å². The van der Waals surface area contributed by atoms with E-state index in [4.69, 9.17) is 0 Å². The molecule has 17 heavy (non-hydrogen) atoms. The highest BCUT2D eigenvalue weighted by Crippen LogP contribution is 2.03. The van der Waals surface area contributed by atoms with Gasteiger partial charge in [0.15, 0.2) is 0 Å². The molecule has 0 unspecified atom stereocenters. The lowest BCUT2D eigenvalue weighted by Gasteiger charge is -2.04. The van der Waals surface area contributed by atoms with Crippen molar-refractivity contribution in [2.75, 3.05) is 0 Å². The van der Waals surface area contributed by atoms with Crippen LogP contribution in [-0.2, 0) is 6.54 Å². The second kappa shape index (κ2) is 5.54. The van der Waals surface area contributed by atoms with Crippen LogP contribution in [0.15, 0.2) is 47.3 Å². The van der Waals surface area contributed by atoms with Crippen LogP contribution in [0.1, 0.15) is 16.1 Å². The molecule has 0 bridgehead atoms. The zero-order chi connectivity index (χ0) is 12.1. The number of amides is 1. The molecule has 0 aliphatic rings. The standard InChI is InChI=1S/C12H10BrN3O/c13-11-8-14-10(7-15-11)12(17)16-6-9-4-2-1-3-5-9/h1-5,7-8H,6H2,(H,16,17). The van der Waals surface area contributed by atoms with E-state index in [0.717, 1.165) is 5.56 Å². The number of aromatic nitrogens is 2. The summed E-state index contributed by atoms with van der Waals surface area (Å²) in [6.45, 7) is 0.484. The first-order valence-corrected chi connectivity index (χ1v) is 5.84. The molecule has 0 aliphatic heterocycles. The summed E-state index contributed by atoms with van der Waals surface area (Å²) in [5.74, 6) is -0.228. The maximum atomic E-state index is 11.7. The lowest BCUT2D eigenvalue weighted by molar-refractivity contribution is 0.0945. The minimum absolute atomic E-state index is 0.228. The number of halogens is 1. The van der Waals surface area contributed by atoms with Crippen LogP contribution in [0, 0.1) is 0 Å². The molecule has 1 aromatic heterocycles. The first-order valence-electron chi connectivity index (χ1n) is 5.05. The smallest absolute Gasteiger partial charge is 0.271 e. The van der Waals surface area contributed by atoms with Crippen molar-refractivity contribution in [3.8, 4) is 0 Å². The van der Waals surface area contributed by atoms with Crippen LogP contribution in [0.25, 0.3) is 0 Å². The van der Waals surface area contributed by atoms with Crippen molar-refractivity contribution in [1.29, 1.82) is 0 Å². The number of hydrogen-bond donors (Lipinski definition) is 1. The average molecular weight is 292 g/mol. The summed E-state index contributed by atoms with van der Waals surface area (Å²) in [6.07, 6.45) is 2.93. The minimum Gasteiger partial charge on any atom is -0.347 e. The number of carbonyl (C=O) groups excluding carboxylic acids is 1. The van der Waals surface area contributed by atoms with E-state index in [1.807, 2.05) is 30.3 Å². The summed E-state index contributed by atoms with van der Waals surface area (Å²) in [7, 11) is 0. The molecule has 0 fully saturated rings. The topological polar surface area (TPSA) is 54.9 Å². The Hall–Kier alpha value is -1.75. The van der Waals surface area contributed by atoms with Gasteiger partial charge in [0.05, 0.1) is 12.4 Å². The zero-order valence-electron chi connectivity index (χ0n) is 8.93. The second-order valence-electron chi connectivity index (χ2n) is 3.39. The van der Waals surface area contributed by atoms with Crippen molar-refractivity contribution in [3.63, 3.8) is 0 Å². The molecule has 0 saturated heterocycles. The van der Waals surface area contributed by atoms with E-state index in [0.29, 0.717) is 16.8 Å². The van der Waals surface area contributed by atoms with Crippen LogP contribution in [0.5, 0.6) is 0 Å². The van der Waals surface area contributed by atoms with Gasteiger partial charge in [0.2, 0.25) is 0 Å². The Bertz CT molecular complexity index is 499. The molecule has 0 aliphatic carbocycles. The fourth-order valence-corrected chi connectivity index (χ4v) is 1.50. The number of benzene rings is 1. The molecule has 2 rings (SSSR count). The Kier molecular flexibility index (Phi) is 3.82.